The summed E-state index contributed by atoms with van der Waals surface area (Å²) in [5.41, 5.74) is 23.1. The van der Waals surface area contributed by atoms with Crippen molar-refractivity contribution < 1.29 is 0 Å². The van der Waals surface area contributed by atoms with Gasteiger partial charge in [-0.25, -0.2) is 0 Å². The third-order valence-corrected chi connectivity index (χ3v) is 16.1. The molecule has 0 radical (unpaired) electrons. The summed E-state index contributed by atoms with van der Waals surface area (Å²) in [5.74, 6) is -0.193. The first kappa shape index (κ1) is 44.7. The molecule has 1 aliphatic carbocycles. The van der Waals surface area contributed by atoms with E-state index in [0.29, 0.717) is 11.1 Å². The number of nitriles is 2. The average Bonchev–Trinajstić information content (AvgIpc) is 4.00. The van der Waals surface area contributed by atoms with E-state index in [2.05, 4.69) is 278 Å². The van der Waals surface area contributed by atoms with Crippen molar-refractivity contribution in [2.24, 2.45) is 0 Å². The SMILES string of the molecule is Cc1cc(C#N)c(-n2c3ccc(-c4ccccc4)cc3c3cc(-c4ccccc4)ccc32)cc1C1c2ccccc2C(C)c2cc(C#N)c(-n3c4ccc(-c5ccccc5)cc4c4cc(-c5ccccc5)ccc43)cc21. The molecule has 0 spiro atoms. The second kappa shape index (κ2) is 17.9. The van der Waals surface area contributed by atoms with Crippen molar-refractivity contribution in [2.45, 2.75) is 25.7 Å². The summed E-state index contributed by atoms with van der Waals surface area (Å²) in [6.07, 6.45) is 0. The zero-order valence-electron chi connectivity index (χ0n) is 42.0. The molecule has 0 saturated carbocycles. The average molecular weight is 969 g/mol. The summed E-state index contributed by atoms with van der Waals surface area (Å²) in [6, 6.07) is 92.1. The lowest BCUT2D eigenvalue weighted by molar-refractivity contribution is 0.788. The smallest absolute Gasteiger partial charge is 0.101 e. The minimum Gasteiger partial charge on any atom is -0.308 e. The van der Waals surface area contributed by atoms with E-state index in [0.717, 1.165) is 122 Å². The summed E-state index contributed by atoms with van der Waals surface area (Å²) in [4.78, 5) is 0. The Hall–Kier alpha value is -10.0. The normalized spacial score (nSPS) is 13.9. The number of nitrogens with zero attached hydrogens (tertiary/aromatic N) is 4. The second-order valence-electron chi connectivity index (χ2n) is 20.3. The van der Waals surface area contributed by atoms with Crippen molar-refractivity contribution in [2.75, 3.05) is 0 Å². The van der Waals surface area contributed by atoms with Gasteiger partial charge in [0.05, 0.1) is 44.6 Å². The predicted octanol–water partition coefficient (Wildman–Crippen LogP) is 18.2. The number of aryl methyl sites for hydroxylation is 1. The first-order chi connectivity index (χ1) is 37.4. The van der Waals surface area contributed by atoms with E-state index in [1.807, 2.05) is 0 Å². The lowest BCUT2D eigenvalue weighted by atomic mass is 9.69. The number of aromatic nitrogens is 2. The Kier molecular flexibility index (Phi) is 10.5. The molecular formula is C72H48N4. The molecule has 4 nitrogen and oxygen atoms in total. The van der Waals surface area contributed by atoms with E-state index >= 15 is 0 Å². The van der Waals surface area contributed by atoms with Crippen LogP contribution in [-0.2, 0) is 0 Å². The van der Waals surface area contributed by atoms with E-state index in [1.165, 1.54) is 11.1 Å². The highest BCUT2D eigenvalue weighted by Crippen LogP contribution is 2.50. The van der Waals surface area contributed by atoms with Gasteiger partial charge in [0.2, 0.25) is 0 Å². The van der Waals surface area contributed by atoms with Gasteiger partial charge in [-0.05, 0) is 158 Å². The van der Waals surface area contributed by atoms with Gasteiger partial charge in [-0.3, -0.25) is 0 Å². The van der Waals surface area contributed by atoms with E-state index < -0.39 is 0 Å². The minimum atomic E-state index is -0.217. The van der Waals surface area contributed by atoms with Crippen LogP contribution in [0.3, 0.4) is 0 Å². The first-order valence-corrected chi connectivity index (χ1v) is 26.0. The monoisotopic (exact) mass is 968 g/mol. The Labute approximate surface area is 441 Å². The maximum absolute atomic E-state index is 11.3. The highest BCUT2D eigenvalue weighted by Gasteiger charge is 2.34. The number of rotatable bonds is 7. The van der Waals surface area contributed by atoms with Crippen molar-refractivity contribution in [1.82, 2.24) is 9.13 Å². The van der Waals surface area contributed by atoms with Crippen LogP contribution in [-0.4, -0.2) is 9.13 Å². The molecule has 0 saturated heterocycles. The number of hydrogen-bond acceptors (Lipinski definition) is 2. The largest absolute Gasteiger partial charge is 0.308 e. The third-order valence-electron chi connectivity index (χ3n) is 16.1. The molecule has 2 unspecified atom stereocenters. The number of benzene rings is 11. The van der Waals surface area contributed by atoms with Gasteiger partial charge in [0, 0.05) is 33.4 Å². The number of hydrogen-bond donors (Lipinski definition) is 0. The molecule has 1 aliphatic rings. The molecule has 0 N–H and O–H groups in total. The molecule has 76 heavy (non-hydrogen) atoms. The van der Waals surface area contributed by atoms with Crippen LogP contribution < -0.4 is 0 Å². The minimum absolute atomic E-state index is 0.0247. The molecule has 2 aromatic heterocycles. The quantitative estimate of drug-likeness (QED) is 0.160. The van der Waals surface area contributed by atoms with Crippen LogP contribution in [0.4, 0.5) is 0 Å². The first-order valence-electron chi connectivity index (χ1n) is 26.0. The van der Waals surface area contributed by atoms with E-state index in [1.54, 1.807) is 0 Å². The van der Waals surface area contributed by atoms with Crippen molar-refractivity contribution in [3.05, 3.63) is 287 Å². The Morgan fingerprint density at radius 1 is 0.316 bits per heavy atom. The van der Waals surface area contributed by atoms with Crippen molar-refractivity contribution in [1.29, 1.82) is 10.5 Å². The Balaban J connectivity index is 1.01. The molecule has 0 aliphatic heterocycles. The van der Waals surface area contributed by atoms with Gasteiger partial charge in [-0.15, -0.1) is 0 Å². The van der Waals surface area contributed by atoms with Gasteiger partial charge in [0.15, 0.2) is 0 Å². The van der Waals surface area contributed by atoms with Crippen LogP contribution in [0.5, 0.6) is 0 Å². The molecule has 0 amide bonds. The van der Waals surface area contributed by atoms with Gasteiger partial charge in [-0.2, -0.15) is 10.5 Å². The zero-order valence-corrected chi connectivity index (χ0v) is 42.0. The van der Waals surface area contributed by atoms with Crippen LogP contribution in [0.2, 0.25) is 0 Å². The Morgan fingerprint density at radius 3 is 1.04 bits per heavy atom. The van der Waals surface area contributed by atoms with E-state index in [9.17, 15) is 10.5 Å². The van der Waals surface area contributed by atoms with Crippen molar-refractivity contribution >= 4 is 43.6 Å². The highest BCUT2D eigenvalue weighted by molar-refractivity contribution is 6.13. The maximum Gasteiger partial charge on any atom is 0.101 e. The molecule has 14 rings (SSSR count). The van der Waals surface area contributed by atoms with Crippen LogP contribution >= 0.6 is 0 Å². The fraction of sp³-hybridized carbons (Fsp3) is 0.0556. The molecule has 2 atom stereocenters. The molecule has 0 fully saturated rings. The fourth-order valence-corrected chi connectivity index (χ4v) is 12.5. The predicted molar refractivity (Wildman–Crippen MR) is 312 cm³/mol. The second-order valence-corrected chi connectivity index (χ2v) is 20.3. The summed E-state index contributed by atoms with van der Waals surface area (Å²) >= 11 is 0. The summed E-state index contributed by atoms with van der Waals surface area (Å²) in [6.45, 7) is 4.42. The van der Waals surface area contributed by atoms with Gasteiger partial charge in [0.25, 0.3) is 0 Å². The molecule has 4 heteroatoms. The maximum atomic E-state index is 11.3. The van der Waals surface area contributed by atoms with Crippen LogP contribution in [0.25, 0.3) is 99.5 Å². The lowest BCUT2D eigenvalue weighted by Crippen LogP contribution is -2.20. The fourth-order valence-electron chi connectivity index (χ4n) is 12.5. The lowest BCUT2D eigenvalue weighted by Gasteiger charge is -2.35. The molecule has 11 aromatic carbocycles. The standard InChI is InChI=1S/C72H48N4/c1-45-35-55(43-73)70(75-66-31-27-51(47-17-7-3-8-18-47)36-61(66)62-37-52(28-32-67(62)75)48-19-9-4-10-20-48)41-59(45)72-58-26-16-15-25-57(58)46(2)60-40-56(44-74)71(42-65(60)72)76-68-33-29-53(49-21-11-5-12-22-49)38-63(68)64-39-54(30-34-69(64)76)50-23-13-6-14-24-50/h3-42,46,72H,1-2H3. The zero-order chi connectivity index (χ0) is 51.0. The van der Waals surface area contributed by atoms with Crippen LogP contribution in [0.15, 0.2) is 243 Å². The van der Waals surface area contributed by atoms with E-state index in [4.69, 9.17) is 0 Å². The summed E-state index contributed by atoms with van der Waals surface area (Å²) in [7, 11) is 0. The summed E-state index contributed by atoms with van der Waals surface area (Å²) < 4.78 is 4.63. The number of fused-ring (bicyclic) bond motifs is 8. The van der Waals surface area contributed by atoms with Crippen LogP contribution in [0.1, 0.15) is 63.3 Å². The topological polar surface area (TPSA) is 57.4 Å². The third kappa shape index (κ3) is 7.11. The molecule has 356 valence electrons. The molecule has 13 aromatic rings. The highest BCUT2D eigenvalue weighted by atomic mass is 15.0. The van der Waals surface area contributed by atoms with Crippen LogP contribution in [0, 0.1) is 29.6 Å². The molecule has 0 bridgehead atoms. The van der Waals surface area contributed by atoms with Gasteiger partial charge < -0.3 is 9.13 Å². The Bertz CT molecular complexity index is 4360. The van der Waals surface area contributed by atoms with Gasteiger partial charge in [-0.1, -0.05) is 177 Å². The summed E-state index contributed by atoms with van der Waals surface area (Å²) in [5, 5.41) is 26.9. The van der Waals surface area contributed by atoms with Crippen molar-refractivity contribution in [3.8, 4) is 68.0 Å². The molecular weight excluding hydrogens is 921 g/mol. The van der Waals surface area contributed by atoms with Gasteiger partial charge in [0.1, 0.15) is 12.1 Å². The van der Waals surface area contributed by atoms with Gasteiger partial charge >= 0.3 is 0 Å². The van der Waals surface area contributed by atoms with E-state index in [-0.39, 0.29) is 11.8 Å². The molecule has 2 heterocycles. The van der Waals surface area contributed by atoms with Crippen molar-refractivity contribution in [3.63, 3.8) is 0 Å². The Morgan fingerprint density at radius 2 is 0.658 bits per heavy atom.